The van der Waals surface area contributed by atoms with Gasteiger partial charge in [0.2, 0.25) is 0 Å². The molecule has 2 heterocycles. The van der Waals surface area contributed by atoms with Gasteiger partial charge in [0, 0.05) is 30.9 Å². The van der Waals surface area contributed by atoms with E-state index in [1.807, 2.05) is 19.4 Å². The van der Waals surface area contributed by atoms with Crippen molar-refractivity contribution in [3.63, 3.8) is 0 Å². The van der Waals surface area contributed by atoms with Crippen molar-refractivity contribution in [2.75, 3.05) is 12.4 Å². The van der Waals surface area contributed by atoms with Crippen molar-refractivity contribution in [3.05, 3.63) is 24.0 Å². The van der Waals surface area contributed by atoms with Crippen LogP contribution >= 0.6 is 0 Å². The highest BCUT2D eigenvalue weighted by Gasteiger charge is 2.55. The maximum atomic E-state index is 11.9. The highest BCUT2D eigenvalue weighted by atomic mass is 16.5. The van der Waals surface area contributed by atoms with Gasteiger partial charge in [0.15, 0.2) is 0 Å². The Morgan fingerprint density at radius 1 is 1.36 bits per heavy atom. The van der Waals surface area contributed by atoms with Crippen LogP contribution in [-0.4, -0.2) is 34.6 Å². The highest BCUT2D eigenvalue weighted by Crippen LogP contribution is 2.57. The monoisotopic (exact) mass is 340 g/mol. The summed E-state index contributed by atoms with van der Waals surface area (Å²) in [4.78, 5) is 19.4. The quantitative estimate of drug-likeness (QED) is 0.798. The largest absolute Gasteiger partial charge is 0.380 e. The zero-order chi connectivity index (χ0) is 17.2. The summed E-state index contributed by atoms with van der Waals surface area (Å²) >= 11 is 0. The Bertz CT molecular complexity index is 829. The van der Waals surface area contributed by atoms with Crippen molar-refractivity contribution in [2.24, 2.45) is 23.5 Å². The second kappa shape index (κ2) is 5.21. The van der Waals surface area contributed by atoms with Crippen molar-refractivity contribution in [3.8, 4) is 0 Å². The summed E-state index contributed by atoms with van der Waals surface area (Å²) in [6, 6.07) is 2.34. The third-order valence-corrected chi connectivity index (χ3v) is 6.81. The standard InChI is InChI=1S/C19H24N4O2/c1-25-19-6-10-4-11(7-19)15(12(5-10)8-19)23-16-13-2-3-21-18(13)22-9-14(16)17(20)24/h2-3,9-12,15H,4-8H2,1H3,(H2,20,24)(H2,21,22,23)/t10?,11-,12?,15-,19?/m0/s1. The van der Waals surface area contributed by atoms with E-state index in [0.717, 1.165) is 35.5 Å². The number of nitrogens with zero attached hydrogens (tertiary/aromatic N) is 1. The van der Waals surface area contributed by atoms with Gasteiger partial charge in [0.25, 0.3) is 5.91 Å². The molecule has 6 nitrogen and oxygen atoms in total. The van der Waals surface area contributed by atoms with Crippen LogP contribution < -0.4 is 11.1 Å². The number of nitrogens with two attached hydrogens (primary N) is 1. The second-order valence-corrected chi connectivity index (χ2v) is 8.18. The van der Waals surface area contributed by atoms with E-state index < -0.39 is 5.91 Å². The smallest absolute Gasteiger partial charge is 0.252 e. The zero-order valence-corrected chi connectivity index (χ0v) is 14.4. The van der Waals surface area contributed by atoms with Crippen LogP contribution in [0.3, 0.4) is 0 Å². The lowest BCUT2D eigenvalue weighted by Crippen LogP contribution is -2.59. The molecule has 2 aromatic rings. The number of aromatic nitrogens is 2. The molecule has 6 rings (SSSR count). The number of ether oxygens (including phenoxy) is 1. The Hall–Kier alpha value is -2.08. The number of rotatable bonds is 4. The van der Waals surface area contributed by atoms with Crippen molar-refractivity contribution in [2.45, 2.75) is 43.7 Å². The number of nitrogens with one attached hydrogen (secondary N) is 2. The van der Waals surface area contributed by atoms with Crippen molar-refractivity contribution < 1.29 is 9.53 Å². The number of carbonyl (C=O) groups is 1. The number of hydrogen-bond donors (Lipinski definition) is 3. The van der Waals surface area contributed by atoms with Crippen LogP contribution in [0.5, 0.6) is 0 Å². The van der Waals surface area contributed by atoms with Crippen LogP contribution in [0.1, 0.15) is 42.5 Å². The van der Waals surface area contributed by atoms with Gasteiger partial charge >= 0.3 is 0 Å². The molecule has 5 atom stereocenters. The fourth-order valence-electron chi connectivity index (χ4n) is 5.95. The number of amides is 1. The Labute approximate surface area is 146 Å². The topological polar surface area (TPSA) is 93.0 Å². The van der Waals surface area contributed by atoms with E-state index in [1.54, 1.807) is 6.20 Å². The molecule has 0 radical (unpaired) electrons. The lowest BCUT2D eigenvalue weighted by Gasteiger charge is -2.59. The summed E-state index contributed by atoms with van der Waals surface area (Å²) in [5, 5.41) is 4.66. The fraction of sp³-hybridized carbons (Fsp3) is 0.579. The van der Waals surface area contributed by atoms with E-state index in [1.165, 1.54) is 19.3 Å². The molecule has 4 aliphatic carbocycles. The van der Waals surface area contributed by atoms with E-state index in [0.29, 0.717) is 23.4 Å². The molecule has 4 fully saturated rings. The molecule has 4 saturated carbocycles. The van der Waals surface area contributed by atoms with E-state index >= 15 is 0 Å². The maximum absolute atomic E-state index is 11.9. The lowest BCUT2D eigenvalue weighted by molar-refractivity contribution is -0.149. The minimum atomic E-state index is -0.435. The molecule has 0 spiro atoms. The van der Waals surface area contributed by atoms with Crippen LogP contribution in [0.25, 0.3) is 11.0 Å². The van der Waals surface area contributed by atoms with E-state index in [9.17, 15) is 4.79 Å². The SMILES string of the molecule is COC12CC3CC(C1)[C@@H](Nc1c(C(N)=O)cnc4[nH]ccc14)[C@@H](C3)C2. The van der Waals surface area contributed by atoms with Crippen molar-refractivity contribution in [1.29, 1.82) is 0 Å². The number of hydrogen-bond acceptors (Lipinski definition) is 4. The first kappa shape index (κ1) is 15.2. The van der Waals surface area contributed by atoms with Gasteiger partial charge in [0.05, 0.1) is 16.9 Å². The van der Waals surface area contributed by atoms with E-state index in [4.69, 9.17) is 10.5 Å². The molecule has 25 heavy (non-hydrogen) atoms. The normalized spacial score (nSPS) is 36.0. The zero-order valence-electron chi connectivity index (χ0n) is 14.4. The molecule has 6 heteroatoms. The average Bonchev–Trinajstić information content (AvgIpc) is 3.06. The Morgan fingerprint density at radius 2 is 2.12 bits per heavy atom. The van der Waals surface area contributed by atoms with Gasteiger partial charge in [-0.3, -0.25) is 4.79 Å². The first-order chi connectivity index (χ1) is 12.1. The first-order valence-electron chi connectivity index (χ1n) is 9.16. The van der Waals surface area contributed by atoms with E-state index in [-0.39, 0.29) is 5.60 Å². The molecular formula is C19H24N4O2. The highest BCUT2D eigenvalue weighted by molar-refractivity contribution is 6.06. The summed E-state index contributed by atoms with van der Waals surface area (Å²) in [7, 11) is 1.87. The Kier molecular flexibility index (Phi) is 3.17. The summed E-state index contributed by atoms with van der Waals surface area (Å²) in [6.45, 7) is 0. The van der Waals surface area contributed by atoms with Gasteiger partial charge in [-0.25, -0.2) is 4.98 Å². The number of primary amides is 1. The molecule has 1 amide bonds. The van der Waals surface area contributed by atoms with Crippen LogP contribution in [0.2, 0.25) is 0 Å². The predicted molar refractivity (Wildman–Crippen MR) is 95.3 cm³/mol. The van der Waals surface area contributed by atoms with Crippen LogP contribution in [0, 0.1) is 17.8 Å². The van der Waals surface area contributed by atoms with Gasteiger partial charge in [0.1, 0.15) is 5.65 Å². The van der Waals surface area contributed by atoms with Gasteiger partial charge < -0.3 is 20.8 Å². The maximum Gasteiger partial charge on any atom is 0.252 e. The second-order valence-electron chi connectivity index (χ2n) is 8.18. The first-order valence-corrected chi connectivity index (χ1v) is 9.16. The molecule has 4 N–H and O–H groups in total. The molecule has 0 saturated heterocycles. The van der Waals surface area contributed by atoms with Crippen molar-refractivity contribution >= 4 is 22.6 Å². The molecule has 0 aliphatic heterocycles. The van der Waals surface area contributed by atoms with E-state index in [2.05, 4.69) is 15.3 Å². The van der Waals surface area contributed by atoms with Crippen LogP contribution in [0.15, 0.2) is 18.5 Å². The Balaban J connectivity index is 1.52. The molecule has 4 aliphatic rings. The third-order valence-electron chi connectivity index (χ3n) is 6.81. The lowest BCUT2D eigenvalue weighted by atomic mass is 9.52. The number of methoxy groups -OCH3 is 1. The molecule has 2 aromatic heterocycles. The van der Waals surface area contributed by atoms with Gasteiger partial charge in [-0.05, 0) is 55.9 Å². The number of pyridine rings is 1. The van der Waals surface area contributed by atoms with Gasteiger partial charge in [-0.1, -0.05) is 0 Å². The average molecular weight is 340 g/mol. The fourth-order valence-corrected chi connectivity index (χ4v) is 5.95. The summed E-state index contributed by atoms with van der Waals surface area (Å²) in [6.07, 6.45) is 9.38. The van der Waals surface area contributed by atoms with Crippen LogP contribution in [0.4, 0.5) is 5.69 Å². The summed E-state index contributed by atoms with van der Waals surface area (Å²) < 4.78 is 5.95. The number of H-pyrrole nitrogens is 1. The predicted octanol–water partition coefficient (Wildman–Crippen LogP) is 2.67. The molecular weight excluding hydrogens is 316 g/mol. The molecule has 0 aromatic carbocycles. The number of aromatic amines is 1. The molecule has 132 valence electrons. The minimum absolute atomic E-state index is 0.0862. The summed E-state index contributed by atoms with van der Waals surface area (Å²) in [5.41, 5.74) is 7.80. The molecule has 3 unspecified atom stereocenters. The minimum Gasteiger partial charge on any atom is -0.380 e. The molecule has 4 bridgehead atoms. The number of carbonyl (C=O) groups excluding carboxylic acids is 1. The van der Waals surface area contributed by atoms with Crippen LogP contribution in [-0.2, 0) is 4.74 Å². The Morgan fingerprint density at radius 3 is 2.80 bits per heavy atom. The van der Waals surface area contributed by atoms with Gasteiger partial charge in [-0.2, -0.15) is 0 Å². The third kappa shape index (κ3) is 2.20. The van der Waals surface area contributed by atoms with Crippen molar-refractivity contribution in [1.82, 2.24) is 9.97 Å². The number of anilines is 1. The summed E-state index contributed by atoms with van der Waals surface area (Å²) in [5.74, 6) is 1.54. The number of fused-ring (bicyclic) bond motifs is 1. The van der Waals surface area contributed by atoms with Gasteiger partial charge in [-0.15, -0.1) is 0 Å².